The quantitative estimate of drug-likeness (QED) is 0.660. The molecule has 6 nitrogen and oxygen atoms in total. The molecule has 0 amide bonds. The monoisotopic (exact) mass is 301 g/mol. The van der Waals surface area contributed by atoms with Crippen molar-refractivity contribution in [3.05, 3.63) is 24.0 Å². The second kappa shape index (κ2) is 8.31. The van der Waals surface area contributed by atoms with Crippen LogP contribution in [0.2, 0.25) is 0 Å². The average molecular weight is 301 g/mol. The summed E-state index contributed by atoms with van der Waals surface area (Å²) in [4.78, 5) is 4.09. The first kappa shape index (κ1) is 17.0. The molecule has 0 aromatic carbocycles. The molecule has 0 radical (unpaired) electrons. The molecular formula is C13H23N3O3S. The van der Waals surface area contributed by atoms with Gasteiger partial charge in [0.1, 0.15) is 4.90 Å². The highest BCUT2D eigenvalue weighted by molar-refractivity contribution is 7.89. The van der Waals surface area contributed by atoms with E-state index < -0.39 is 10.0 Å². The number of nitrogens with one attached hydrogen (secondary N) is 1. The Labute approximate surface area is 120 Å². The molecule has 1 aromatic heterocycles. The zero-order valence-corrected chi connectivity index (χ0v) is 12.8. The molecule has 1 heterocycles. The minimum absolute atomic E-state index is 0.0853. The molecule has 20 heavy (non-hydrogen) atoms. The number of aromatic nitrogens is 1. The molecule has 114 valence electrons. The molecule has 0 spiro atoms. The van der Waals surface area contributed by atoms with E-state index in [9.17, 15) is 8.42 Å². The zero-order chi connectivity index (χ0) is 15.0. The smallest absolute Gasteiger partial charge is 0.242 e. The number of nitrogens with two attached hydrogens (primary N) is 1. The molecule has 0 fully saturated rings. The third kappa shape index (κ3) is 5.54. The first-order valence-electron chi connectivity index (χ1n) is 6.68. The lowest BCUT2D eigenvalue weighted by Gasteiger charge is -2.10. The number of pyridine rings is 1. The maximum Gasteiger partial charge on any atom is 0.242 e. The van der Waals surface area contributed by atoms with E-state index in [4.69, 9.17) is 10.5 Å². The molecular weight excluding hydrogens is 278 g/mol. The maximum absolute atomic E-state index is 12.1. The van der Waals surface area contributed by atoms with Gasteiger partial charge in [-0.15, -0.1) is 0 Å². The van der Waals surface area contributed by atoms with Crippen molar-refractivity contribution in [1.29, 1.82) is 0 Å². The summed E-state index contributed by atoms with van der Waals surface area (Å²) in [7, 11) is -3.58. The number of hydrogen-bond donors (Lipinski definition) is 2. The van der Waals surface area contributed by atoms with Gasteiger partial charge >= 0.3 is 0 Å². The summed E-state index contributed by atoms with van der Waals surface area (Å²) in [6, 6.07) is 3.07. The van der Waals surface area contributed by atoms with Crippen LogP contribution in [0.3, 0.4) is 0 Å². The summed E-state index contributed by atoms with van der Waals surface area (Å²) < 4.78 is 32.0. The van der Waals surface area contributed by atoms with Gasteiger partial charge in [0, 0.05) is 25.9 Å². The van der Waals surface area contributed by atoms with Crippen LogP contribution in [0.5, 0.6) is 0 Å². The highest BCUT2D eigenvalue weighted by atomic mass is 32.2. The standard InChI is InChI=1S/C13H23N3O3S/c1-11(2)5-8-19-9-7-16-20(17,18)13-4-3-6-15-12(13)10-14/h3-4,6,11,16H,5,7-10,14H2,1-2H3. The van der Waals surface area contributed by atoms with Gasteiger partial charge in [0.25, 0.3) is 0 Å². The van der Waals surface area contributed by atoms with Crippen LogP contribution in [0.1, 0.15) is 26.0 Å². The van der Waals surface area contributed by atoms with Crippen LogP contribution in [0.4, 0.5) is 0 Å². The Balaban J connectivity index is 2.46. The molecule has 3 N–H and O–H groups in total. The number of rotatable bonds is 9. The van der Waals surface area contributed by atoms with Crippen LogP contribution in [0.25, 0.3) is 0 Å². The van der Waals surface area contributed by atoms with Gasteiger partial charge in [-0.2, -0.15) is 0 Å². The molecule has 0 atom stereocenters. The minimum atomic E-state index is -3.58. The van der Waals surface area contributed by atoms with E-state index in [-0.39, 0.29) is 18.0 Å². The molecule has 1 rings (SSSR count). The Bertz CT molecular complexity index is 503. The molecule has 7 heteroatoms. The fourth-order valence-corrected chi connectivity index (χ4v) is 2.78. The van der Waals surface area contributed by atoms with Crippen molar-refractivity contribution in [2.45, 2.75) is 31.7 Å². The maximum atomic E-state index is 12.1. The van der Waals surface area contributed by atoms with E-state index in [1.54, 1.807) is 6.07 Å². The van der Waals surface area contributed by atoms with Gasteiger partial charge in [0.05, 0.1) is 12.3 Å². The van der Waals surface area contributed by atoms with Crippen LogP contribution in [-0.4, -0.2) is 33.2 Å². The summed E-state index contributed by atoms with van der Waals surface area (Å²) in [5, 5.41) is 0. The van der Waals surface area contributed by atoms with E-state index in [1.807, 2.05) is 0 Å². The van der Waals surface area contributed by atoms with Crippen molar-refractivity contribution >= 4 is 10.0 Å². The van der Waals surface area contributed by atoms with Gasteiger partial charge in [0.2, 0.25) is 10.0 Å². The lowest BCUT2D eigenvalue weighted by atomic mass is 10.1. The topological polar surface area (TPSA) is 94.3 Å². The third-order valence-electron chi connectivity index (χ3n) is 2.71. The van der Waals surface area contributed by atoms with Gasteiger partial charge in [-0.05, 0) is 24.5 Å². The molecule has 0 aliphatic heterocycles. The summed E-state index contributed by atoms with van der Waals surface area (Å²) >= 11 is 0. The van der Waals surface area contributed by atoms with E-state index >= 15 is 0 Å². The van der Waals surface area contributed by atoms with E-state index in [1.165, 1.54) is 12.3 Å². The van der Waals surface area contributed by atoms with Crippen LogP contribution in [0, 0.1) is 5.92 Å². The van der Waals surface area contributed by atoms with Crippen molar-refractivity contribution in [1.82, 2.24) is 9.71 Å². The van der Waals surface area contributed by atoms with Crippen LogP contribution >= 0.6 is 0 Å². The van der Waals surface area contributed by atoms with E-state index in [0.29, 0.717) is 24.8 Å². The second-order valence-electron chi connectivity index (χ2n) is 4.85. The van der Waals surface area contributed by atoms with Crippen molar-refractivity contribution in [3.8, 4) is 0 Å². The number of nitrogens with zero attached hydrogens (tertiary/aromatic N) is 1. The molecule has 0 bridgehead atoms. The molecule has 0 unspecified atom stereocenters. The van der Waals surface area contributed by atoms with Crippen molar-refractivity contribution in [2.24, 2.45) is 11.7 Å². The fraction of sp³-hybridized carbons (Fsp3) is 0.615. The van der Waals surface area contributed by atoms with Gasteiger partial charge in [-0.25, -0.2) is 13.1 Å². The van der Waals surface area contributed by atoms with Gasteiger partial charge in [-0.3, -0.25) is 4.98 Å². The van der Waals surface area contributed by atoms with Crippen LogP contribution in [0.15, 0.2) is 23.2 Å². The Morgan fingerprint density at radius 3 is 2.80 bits per heavy atom. The first-order chi connectivity index (χ1) is 9.47. The van der Waals surface area contributed by atoms with Gasteiger partial charge in [0.15, 0.2) is 0 Å². The Hall–Kier alpha value is -1.02. The summed E-state index contributed by atoms with van der Waals surface area (Å²) in [6.45, 7) is 5.54. The highest BCUT2D eigenvalue weighted by Gasteiger charge is 2.17. The third-order valence-corrected chi connectivity index (χ3v) is 4.24. The van der Waals surface area contributed by atoms with E-state index in [2.05, 4.69) is 23.6 Å². The average Bonchev–Trinajstić information content (AvgIpc) is 2.42. The molecule has 0 saturated heterocycles. The predicted molar refractivity (Wildman–Crippen MR) is 77.6 cm³/mol. The Morgan fingerprint density at radius 2 is 2.15 bits per heavy atom. The number of hydrogen-bond acceptors (Lipinski definition) is 5. The van der Waals surface area contributed by atoms with E-state index in [0.717, 1.165) is 6.42 Å². The Morgan fingerprint density at radius 1 is 1.40 bits per heavy atom. The van der Waals surface area contributed by atoms with Crippen LogP contribution < -0.4 is 10.5 Å². The largest absolute Gasteiger partial charge is 0.380 e. The summed E-state index contributed by atoms with van der Waals surface area (Å²) in [6.07, 6.45) is 2.49. The number of ether oxygens (including phenoxy) is 1. The summed E-state index contributed by atoms with van der Waals surface area (Å²) in [5.74, 6) is 0.578. The van der Waals surface area contributed by atoms with Gasteiger partial charge < -0.3 is 10.5 Å². The van der Waals surface area contributed by atoms with Gasteiger partial charge in [-0.1, -0.05) is 13.8 Å². The SMILES string of the molecule is CC(C)CCOCCNS(=O)(=O)c1cccnc1CN. The first-order valence-corrected chi connectivity index (χ1v) is 8.17. The second-order valence-corrected chi connectivity index (χ2v) is 6.58. The molecule has 0 saturated carbocycles. The van der Waals surface area contributed by atoms with Crippen LogP contribution in [-0.2, 0) is 21.3 Å². The predicted octanol–water partition coefficient (Wildman–Crippen LogP) is 0.881. The molecule has 0 aliphatic rings. The Kier molecular flexibility index (Phi) is 7.08. The normalized spacial score (nSPS) is 12.0. The fourth-order valence-electron chi connectivity index (χ4n) is 1.57. The zero-order valence-electron chi connectivity index (χ0n) is 12.0. The summed E-state index contributed by atoms with van der Waals surface area (Å²) in [5.41, 5.74) is 5.85. The lowest BCUT2D eigenvalue weighted by molar-refractivity contribution is 0.128. The van der Waals surface area contributed by atoms with Crippen molar-refractivity contribution < 1.29 is 13.2 Å². The molecule has 0 aliphatic carbocycles. The lowest BCUT2D eigenvalue weighted by Crippen LogP contribution is -2.29. The van der Waals surface area contributed by atoms with Crippen molar-refractivity contribution in [3.63, 3.8) is 0 Å². The molecule has 1 aromatic rings. The number of sulfonamides is 1. The highest BCUT2D eigenvalue weighted by Crippen LogP contribution is 2.11. The minimum Gasteiger partial charge on any atom is -0.380 e. The van der Waals surface area contributed by atoms with Crippen molar-refractivity contribution in [2.75, 3.05) is 19.8 Å².